The third-order valence-corrected chi connectivity index (χ3v) is 2.49. The first kappa shape index (κ1) is 16.4. The van der Waals surface area contributed by atoms with Gasteiger partial charge in [0, 0.05) is 25.7 Å². The molecule has 1 rings (SSSR count). The Kier molecular flexibility index (Phi) is 12.8. The molecule has 1 aliphatic heterocycles. The molecule has 88 valence electrons. The highest BCUT2D eigenvalue weighted by atomic mass is 15.3. The van der Waals surface area contributed by atoms with Crippen molar-refractivity contribution in [3.8, 4) is 0 Å². The van der Waals surface area contributed by atoms with Crippen molar-refractivity contribution in [2.24, 2.45) is 0 Å². The van der Waals surface area contributed by atoms with Gasteiger partial charge in [-0.25, -0.2) is 0 Å². The minimum Gasteiger partial charge on any atom is -0.301 e. The standard InChI is InChI=1S/C8H18N2.2C2H6/c1-4-10-6-5-9(3)8(2)7-10;2*1-2/h8H,4-7H2,1-3H3;2*1-2H3. The van der Waals surface area contributed by atoms with Gasteiger partial charge in [-0.2, -0.15) is 0 Å². The first-order valence-electron chi connectivity index (χ1n) is 6.16. The molecule has 0 amide bonds. The molecular formula is C12H30N2. The molecule has 0 aliphatic carbocycles. The lowest BCUT2D eigenvalue weighted by Gasteiger charge is -2.37. The largest absolute Gasteiger partial charge is 0.301 e. The summed E-state index contributed by atoms with van der Waals surface area (Å²) in [6.07, 6.45) is 0. The van der Waals surface area contributed by atoms with E-state index in [0.717, 1.165) is 6.04 Å². The minimum absolute atomic E-state index is 0.744. The molecule has 0 aromatic carbocycles. The van der Waals surface area contributed by atoms with Gasteiger partial charge in [0.1, 0.15) is 0 Å². The maximum atomic E-state index is 2.50. The van der Waals surface area contributed by atoms with Gasteiger partial charge in [-0.1, -0.05) is 34.6 Å². The van der Waals surface area contributed by atoms with Gasteiger partial charge in [0.25, 0.3) is 0 Å². The molecule has 0 bridgehead atoms. The summed E-state index contributed by atoms with van der Waals surface area (Å²) < 4.78 is 0. The third-order valence-electron chi connectivity index (χ3n) is 2.49. The van der Waals surface area contributed by atoms with Gasteiger partial charge in [-0.3, -0.25) is 0 Å². The molecule has 1 aliphatic rings. The Labute approximate surface area is 91.3 Å². The Morgan fingerprint density at radius 2 is 1.57 bits per heavy atom. The van der Waals surface area contributed by atoms with Gasteiger partial charge in [-0.15, -0.1) is 0 Å². The van der Waals surface area contributed by atoms with E-state index in [0.29, 0.717) is 0 Å². The fourth-order valence-electron chi connectivity index (χ4n) is 1.41. The van der Waals surface area contributed by atoms with E-state index in [4.69, 9.17) is 0 Å². The number of hydrogen-bond acceptors (Lipinski definition) is 2. The lowest BCUT2D eigenvalue weighted by atomic mass is 10.2. The maximum absolute atomic E-state index is 2.50. The van der Waals surface area contributed by atoms with E-state index in [1.54, 1.807) is 0 Å². The molecule has 1 heterocycles. The van der Waals surface area contributed by atoms with Crippen LogP contribution < -0.4 is 0 Å². The van der Waals surface area contributed by atoms with E-state index in [2.05, 4.69) is 30.7 Å². The molecule has 0 aromatic rings. The lowest BCUT2D eigenvalue weighted by Crippen LogP contribution is -2.49. The second-order valence-corrected chi connectivity index (χ2v) is 3.22. The fraction of sp³-hybridized carbons (Fsp3) is 1.00. The number of hydrogen-bond donors (Lipinski definition) is 0. The third kappa shape index (κ3) is 6.39. The SMILES string of the molecule is CC.CC.CCN1CCN(C)C(C)C1. The lowest BCUT2D eigenvalue weighted by molar-refractivity contribution is 0.110. The number of piperazine rings is 1. The molecule has 2 heteroatoms. The van der Waals surface area contributed by atoms with E-state index < -0.39 is 0 Å². The first-order valence-corrected chi connectivity index (χ1v) is 6.16. The van der Waals surface area contributed by atoms with Gasteiger partial charge in [0.15, 0.2) is 0 Å². The van der Waals surface area contributed by atoms with Crippen molar-refractivity contribution in [3.05, 3.63) is 0 Å². The molecule has 1 fully saturated rings. The summed E-state index contributed by atoms with van der Waals surface area (Å²) >= 11 is 0. The van der Waals surface area contributed by atoms with Crippen molar-refractivity contribution in [1.29, 1.82) is 0 Å². The normalized spacial score (nSPS) is 22.9. The van der Waals surface area contributed by atoms with Gasteiger partial charge in [-0.05, 0) is 20.5 Å². The van der Waals surface area contributed by atoms with Crippen LogP contribution in [0.5, 0.6) is 0 Å². The molecule has 0 saturated carbocycles. The van der Waals surface area contributed by atoms with Crippen LogP contribution in [0.3, 0.4) is 0 Å². The van der Waals surface area contributed by atoms with E-state index >= 15 is 0 Å². The molecule has 0 spiro atoms. The Morgan fingerprint density at radius 1 is 1.07 bits per heavy atom. The molecule has 1 unspecified atom stereocenters. The molecule has 0 N–H and O–H groups in total. The van der Waals surface area contributed by atoms with E-state index in [9.17, 15) is 0 Å². The van der Waals surface area contributed by atoms with Crippen LogP contribution in [0.2, 0.25) is 0 Å². The second-order valence-electron chi connectivity index (χ2n) is 3.22. The van der Waals surface area contributed by atoms with Gasteiger partial charge < -0.3 is 9.80 Å². The monoisotopic (exact) mass is 202 g/mol. The Bertz CT molecular complexity index is 104. The van der Waals surface area contributed by atoms with Crippen LogP contribution in [0.25, 0.3) is 0 Å². The molecule has 14 heavy (non-hydrogen) atoms. The predicted molar refractivity (Wildman–Crippen MR) is 66.9 cm³/mol. The topological polar surface area (TPSA) is 6.48 Å². The van der Waals surface area contributed by atoms with Crippen LogP contribution in [0.4, 0.5) is 0 Å². The Morgan fingerprint density at radius 3 is 1.93 bits per heavy atom. The second kappa shape index (κ2) is 11.0. The van der Waals surface area contributed by atoms with Gasteiger partial charge in [0.2, 0.25) is 0 Å². The van der Waals surface area contributed by atoms with E-state index in [1.807, 2.05) is 27.7 Å². The summed E-state index contributed by atoms with van der Waals surface area (Å²) in [5, 5.41) is 0. The van der Waals surface area contributed by atoms with Crippen LogP contribution in [-0.4, -0.2) is 49.1 Å². The zero-order valence-electron chi connectivity index (χ0n) is 11.3. The van der Waals surface area contributed by atoms with Crippen molar-refractivity contribution in [2.45, 2.75) is 47.6 Å². The molecule has 0 aromatic heterocycles. The average molecular weight is 202 g/mol. The predicted octanol–water partition coefficient (Wildman–Crippen LogP) is 2.69. The van der Waals surface area contributed by atoms with Gasteiger partial charge >= 0.3 is 0 Å². The summed E-state index contributed by atoms with van der Waals surface area (Å²) in [7, 11) is 2.21. The van der Waals surface area contributed by atoms with E-state index in [1.165, 1.54) is 26.2 Å². The van der Waals surface area contributed by atoms with Crippen LogP contribution >= 0.6 is 0 Å². The van der Waals surface area contributed by atoms with E-state index in [-0.39, 0.29) is 0 Å². The molecule has 2 nitrogen and oxygen atoms in total. The maximum Gasteiger partial charge on any atom is 0.0192 e. The van der Waals surface area contributed by atoms with Crippen LogP contribution in [0.15, 0.2) is 0 Å². The highest BCUT2D eigenvalue weighted by molar-refractivity contribution is 4.75. The Balaban J connectivity index is 0. The average Bonchev–Trinajstić information content (AvgIpc) is 2.28. The fourth-order valence-corrected chi connectivity index (χ4v) is 1.41. The highest BCUT2D eigenvalue weighted by Crippen LogP contribution is 2.05. The number of rotatable bonds is 1. The van der Waals surface area contributed by atoms with Gasteiger partial charge in [0.05, 0.1) is 0 Å². The first-order chi connectivity index (χ1) is 6.74. The molecule has 1 atom stereocenters. The summed E-state index contributed by atoms with van der Waals surface area (Å²) in [5.74, 6) is 0. The quantitative estimate of drug-likeness (QED) is 0.645. The Hall–Kier alpha value is -0.0800. The van der Waals surface area contributed by atoms with Crippen LogP contribution in [-0.2, 0) is 0 Å². The number of likely N-dealkylation sites (N-methyl/N-ethyl adjacent to an activating group) is 2. The summed E-state index contributed by atoms with van der Waals surface area (Å²) in [6.45, 7) is 17.5. The van der Waals surface area contributed by atoms with Crippen LogP contribution in [0.1, 0.15) is 41.5 Å². The number of nitrogens with zero attached hydrogens (tertiary/aromatic N) is 2. The summed E-state index contributed by atoms with van der Waals surface area (Å²) in [5.41, 5.74) is 0. The molecule has 0 radical (unpaired) electrons. The zero-order valence-corrected chi connectivity index (χ0v) is 11.3. The molecule has 1 saturated heterocycles. The van der Waals surface area contributed by atoms with Crippen molar-refractivity contribution in [1.82, 2.24) is 9.80 Å². The summed E-state index contributed by atoms with van der Waals surface area (Å²) in [4.78, 5) is 4.93. The van der Waals surface area contributed by atoms with Crippen molar-refractivity contribution in [2.75, 3.05) is 33.2 Å². The summed E-state index contributed by atoms with van der Waals surface area (Å²) in [6, 6.07) is 0.744. The highest BCUT2D eigenvalue weighted by Gasteiger charge is 2.18. The molecular weight excluding hydrogens is 172 g/mol. The van der Waals surface area contributed by atoms with Crippen molar-refractivity contribution in [3.63, 3.8) is 0 Å². The zero-order chi connectivity index (χ0) is 11.6. The van der Waals surface area contributed by atoms with Crippen LogP contribution in [0, 0.1) is 0 Å². The van der Waals surface area contributed by atoms with Crippen molar-refractivity contribution < 1.29 is 0 Å². The smallest absolute Gasteiger partial charge is 0.0192 e. The van der Waals surface area contributed by atoms with Crippen molar-refractivity contribution >= 4 is 0 Å². The minimum atomic E-state index is 0.744.